The van der Waals surface area contributed by atoms with Gasteiger partial charge in [0.15, 0.2) is 0 Å². The Kier molecular flexibility index (Phi) is 5.85. The van der Waals surface area contributed by atoms with Crippen molar-refractivity contribution in [3.63, 3.8) is 0 Å². The zero-order valence-electron chi connectivity index (χ0n) is 17.0. The van der Waals surface area contributed by atoms with E-state index in [1.54, 1.807) is 25.3 Å². The highest BCUT2D eigenvalue weighted by Gasteiger charge is 2.55. The Bertz CT molecular complexity index is 1010. The van der Waals surface area contributed by atoms with Crippen molar-refractivity contribution in [3.8, 4) is 0 Å². The average Bonchev–Trinajstić information content (AvgIpc) is 3.17. The number of carbonyl (C=O) groups is 1. The van der Waals surface area contributed by atoms with Gasteiger partial charge in [0, 0.05) is 34.0 Å². The number of aryl methyl sites for hydroxylation is 1. The third-order valence-electron chi connectivity index (χ3n) is 6.35. The molecule has 2 atom stereocenters. The number of carboxylic acids is 1. The molecule has 2 aliphatic rings. The number of rotatable bonds is 6. The second kappa shape index (κ2) is 8.43. The normalized spacial score (nSPS) is 20.6. The molecule has 1 saturated carbocycles. The minimum Gasteiger partial charge on any atom is -0.479 e. The van der Waals surface area contributed by atoms with Gasteiger partial charge in [-0.15, -0.1) is 10.1 Å². The van der Waals surface area contributed by atoms with Crippen LogP contribution in [-0.2, 0) is 26.6 Å². The molecule has 164 valence electrons. The Morgan fingerprint density at radius 2 is 1.97 bits per heavy atom. The van der Waals surface area contributed by atoms with E-state index in [9.17, 15) is 20.0 Å². The van der Waals surface area contributed by atoms with Gasteiger partial charge in [-0.25, -0.2) is 4.79 Å². The number of fused-ring (bicyclic) bond motifs is 1. The molecular weight excluding hydrogens is 424 g/mol. The number of halogens is 1. The molecule has 2 heterocycles. The lowest BCUT2D eigenvalue weighted by atomic mass is 9.71. The molecule has 1 aromatic carbocycles. The third-order valence-corrected chi connectivity index (χ3v) is 6.60. The van der Waals surface area contributed by atoms with E-state index in [2.05, 4.69) is 4.98 Å². The molecule has 1 aliphatic carbocycles. The van der Waals surface area contributed by atoms with Crippen molar-refractivity contribution < 1.29 is 24.6 Å². The van der Waals surface area contributed by atoms with E-state index >= 15 is 0 Å². The second-order valence-electron chi connectivity index (χ2n) is 8.09. The number of aliphatic carboxylic acids is 1. The highest BCUT2D eigenvalue weighted by molar-refractivity contribution is 6.30. The Morgan fingerprint density at radius 3 is 2.58 bits per heavy atom. The van der Waals surface area contributed by atoms with Crippen molar-refractivity contribution in [2.45, 2.75) is 57.3 Å². The van der Waals surface area contributed by atoms with Gasteiger partial charge in [0.25, 0.3) is 5.09 Å². The molecule has 0 saturated heterocycles. The van der Waals surface area contributed by atoms with E-state index in [4.69, 9.17) is 21.2 Å². The highest BCUT2D eigenvalue weighted by atomic mass is 35.5. The summed E-state index contributed by atoms with van der Waals surface area (Å²) in [5.74, 6) is -1.91. The van der Waals surface area contributed by atoms with Gasteiger partial charge in [-0.1, -0.05) is 43.0 Å². The Balaban J connectivity index is 1.89. The molecule has 1 aromatic heterocycles. The molecule has 0 spiro atoms. The first-order valence-electron chi connectivity index (χ1n) is 10.3. The number of benzene rings is 1. The summed E-state index contributed by atoms with van der Waals surface area (Å²) >= 11 is 5.99. The molecule has 1 N–H and O–H groups in total. The average molecular weight is 447 g/mol. The Hall–Kier alpha value is -2.71. The quantitative estimate of drug-likeness (QED) is 0.504. The van der Waals surface area contributed by atoms with Crippen molar-refractivity contribution in [2.75, 3.05) is 0 Å². The number of pyridine rings is 1. The van der Waals surface area contributed by atoms with E-state index in [1.165, 1.54) is 0 Å². The van der Waals surface area contributed by atoms with E-state index in [0.717, 1.165) is 24.8 Å². The highest BCUT2D eigenvalue weighted by Crippen LogP contribution is 2.48. The summed E-state index contributed by atoms with van der Waals surface area (Å²) in [5.41, 5.74) is 0.656. The molecule has 1 aliphatic heterocycles. The van der Waals surface area contributed by atoms with Gasteiger partial charge in [0.2, 0.25) is 5.60 Å². The summed E-state index contributed by atoms with van der Waals surface area (Å²) in [6.45, 7) is 1.78. The molecule has 0 amide bonds. The number of hydrogen-bond donors (Lipinski definition) is 1. The molecule has 0 radical (unpaired) electrons. The largest absolute Gasteiger partial charge is 0.479 e. The molecule has 31 heavy (non-hydrogen) atoms. The van der Waals surface area contributed by atoms with Gasteiger partial charge in [-0.05, 0) is 43.0 Å². The molecule has 4 rings (SSSR count). The smallest absolute Gasteiger partial charge is 0.341 e. The van der Waals surface area contributed by atoms with E-state index in [1.807, 2.05) is 12.1 Å². The fourth-order valence-electron chi connectivity index (χ4n) is 4.99. The van der Waals surface area contributed by atoms with Crippen LogP contribution >= 0.6 is 11.6 Å². The number of ether oxygens (including phenoxy) is 1. The fraction of sp³-hybridized carbons (Fsp3) is 0.455. The summed E-state index contributed by atoms with van der Waals surface area (Å²) in [6, 6.07) is 7.17. The molecular formula is C22H23ClN2O6. The van der Waals surface area contributed by atoms with Crippen LogP contribution in [-0.4, -0.2) is 21.1 Å². The molecule has 0 bridgehead atoms. The number of carboxylic acid groups (broad SMARTS) is 1. The van der Waals surface area contributed by atoms with Crippen molar-refractivity contribution in [1.29, 1.82) is 0 Å². The predicted molar refractivity (Wildman–Crippen MR) is 111 cm³/mol. The lowest BCUT2D eigenvalue weighted by Gasteiger charge is -2.38. The van der Waals surface area contributed by atoms with Crippen LogP contribution in [0.4, 0.5) is 0 Å². The summed E-state index contributed by atoms with van der Waals surface area (Å²) in [4.78, 5) is 33.7. The maximum atomic E-state index is 12.7. The molecule has 2 unspecified atom stereocenters. The maximum absolute atomic E-state index is 12.7. The SMILES string of the molecule is Cc1ncc2c(c1C(O[N+](=O)[O-])(C(=O)O)C1CCCCC1)COC2c1ccc(Cl)cc1. The van der Waals surface area contributed by atoms with Crippen LogP contribution in [0.1, 0.15) is 66.2 Å². The Labute approximate surface area is 184 Å². The predicted octanol–water partition coefficient (Wildman–Crippen LogP) is 4.73. The summed E-state index contributed by atoms with van der Waals surface area (Å²) in [5, 5.41) is 21.5. The van der Waals surface area contributed by atoms with Crippen LogP contribution in [0, 0.1) is 23.0 Å². The number of nitrogens with zero attached hydrogens (tertiary/aromatic N) is 2. The number of aromatic nitrogens is 1. The summed E-state index contributed by atoms with van der Waals surface area (Å²) in [7, 11) is 0. The van der Waals surface area contributed by atoms with Gasteiger partial charge in [0.1, 0.15) is 6.10 Å². The van der Waals surface area contributed by atoms with Crippen molar-refractivity contribution in [2.24, 2.45) is 5.92 Å². The summed E-state index contributed by atoms with van der Waals surface area (Å²) < 4.78 is 6.01. The molecule has 2 aromatic rings. The molecule has 8 nitrogen and oxygen atoms in total. The minimum absolute atomic E-state index is 0.115. The van der Waals surface area contributed by atoms with Crippen LogP contribution in [0.5, 0.6) is 0 Å². The molecule has 9 heteroatoms. The van der Waals surface area contributed by atoms with Crippen LogP contribution in [0.2, 0.25) is 5.02 Å². The van der Waals surface area contributed by atoms with Gasteiger partial charge >= 0.3 is 5.97 Å². The minimum atomic E-state index is -2.12. The van der Waals surface area contributed by atoms with Crippen LogP contribution < -0.4 is 0 Å². The summed E-state index contributed by atoms with van der Waals surface area (Å²) in [6.07, 6.45) is 4.82. The van der Waals surface area contributed by atoms with Gasteiger partial charge in [-0.2, -0.15) is 0 Å². The van der Waals surface area contributed by atoms with Crippen LogP contribution in [0.15, 0.2) is 30.5 Å². The van der Waals surface area contributed by atoms with Crippen molar-refractivity contribution in [1.82, 2.24) is 4.98 Å². The lowest BCUT2D eigenvalue weighted by molar-refractivity contribution is -0.782. The Morgan fingerprint density at radius 1 is 1.29 bits per heavy atom. The standard InChI is InChI=1S/C22H23ClN2O6/c1-13-19(22(21(26)27,31-25(28)29)15-5-3-2-4-6-15)18-12-30-20(17(18)11-24-13)14-7-9-16(23)10-8-14/h7-11,15,20H,2-6,12H2,1H3,(H,26,27). The van der Waals surface area contributed by atoms with Gasteiger partial charge in [0.05, 0.1) is 6.61 Å². The van der Waals surface area contributed by atoms with Crippen LogP contribution in [0.3, 0.4) is 0 Å². The van der Waals surface area contributed by atoms with E-state index in [-0.39, 0.29) is 12.2 Å². The third kappa shape index (κ3) is 3.74. The fourth-order valence-corrected chi connectivity index (χ4v) is 5.11. The first kappa shape index (κ1) is 21.5. The van der Waals surface area contributed by atoms with Crippen molar-refractivity contribution in [3.05, 3.63) is 73.5 Å². The maximum Gasteiger partial charge on any atom is 0.341 e. The second-order valence-corrected chi connectivity index (χ2v) is 8.52. The zero-order valence-corrected chi connectivity index (χ0v) is 17.8. The van der Waals surface area contributed by atoms with Gasteiger partial charge < -0.3 is 9.84 Å². The van der Waals surface area contributed by atoms with E-state index in [0.29, 0.717) is 34.7 Å². The van der Waals surface area contributed by atoms with Crippen LogP contribution in [0.25, 0.3) is 0 Å². The first-order valence-corrected chi connectivity index (χ1v) is 10.6. The van der Waals surface area contributed by atoms with Gasteiger partial charge in [-0.3, -0.25) is 9.82 Å². The topological polar surface area (TPSA) is 112 Å². The van der Waals surface area contributed by atoms with Crippen molar-refractivity contribution >= 4 is 17.6 Å². The lowest BCUT2D eigenvalue weighted by Crippen LogP contribution is -2.49. The number of hydrogen-bond acceptors (Lipinski definition) is 6. The first-order chi connectivity index (χ1) is 14.8. The molecule has 1 fully saturated rings. The zero-order chi connectivity index (χ0) is 22.2. The monoisotopic (exact) mass is 446 g/mol. The van der Waals surface area contributed by atoms with E-state index < -0.39 is 28.7 Å².